The van der Waals surface area contributed by atoms with E-state index in [1.807, 2.05) is 0 Å². The Bertz CT molecular complexity index is 495. The lowest BCUT2D eigenvalue weighted by Gasteiger charge is -2.26. The van der Waals surface area contributed by atoms with Crippen LogP contribution in [0, 0.1) is 5.92 Å². The Labute approximate surface area is 135 Å². The highest BCUT2D eigenvalue weighted by molar-refractivity contribution is 6.08. The van der Waals surface area contributed by atoms with Crippen molar-refractivity contribution < 1.29 is 33.4 Å². The van der Waals surface area contributed by atoms with Gasteiger partial charge in [0.15, 0.2) is 0 Å². The zero-order valence-electron chi connectivity index (χ0n) is 14.1. The molecule has 0 spiro atoms. The molecule has 8 heteroatoms. The molecule has 0 bridgehead atoms. The zero-order valence-corrected chi connectivity index (χ0v) is 14.1. The summed E-state index contributed by atoms with van der Waals surface area (Å²) in [6.45, 7) is 8.30. The number of amides is 2. The molecular weight excluding hydrogens is 306 g/mol. The van der Waals surface area contributed by atoms with Crippen LogP contribution in [0.3, 0.4) is 0 Å². The summed E-state index contributed by atoms with van der Waals surface area (Å²) in [5.41, 5.74) is -0.849. The first-order chi connectivity index (χ1) is 10.6. The number of rotatable bonds is 4. The summed E-state index contributed by atoms with van der Waals surface area (Å²) in [7, 11) is 0. The van der Waals surface area contributed by atoms with Crippen molar-refractivity contribution in [2.45, 2.75) is 52.7 Å². The van der Waals surface area contributed by atoms with Gasteiger partial charge < -0.3 is 14.2 Å². The molecule has 1 unspecified atom stereocenters. The van der Waals surface area contributed by atoms with Gasteiger partial charge in [-0.1, -0.05) is 0 Å². The third-order valence-corrected chi connectivity index (χ3v) is 3.03. The number of likely N-dealkylation sites (tertiary alicyclic amines) is 1. The lowest BCUT2D eigenvalue weighted by Crippen LogP contribution is -2.46. The van der Waals surface area contributed by atoms with Gasteiger partial charge in [-0.15, -0.1) is 0 Å². The van der Waals surface area contributed by atoms with E-state index >= 15 is 0 Å². The minimum Gasteiger partial charge on any atom is -0.465 e. The predicted octanol–water partition coefficient (Wildman–Crippen LogP) is 1.26. The fourth-order valence-corrected chi connectivity index (χ4v) is 2.16. The average molecular weight is 329 g/mol. The molecule has 1 fully saturated rings. The van der Waals surface area contributed by atoms with Crippen molar-refractivity contribution in [1.82, 2.24) is 4.90 Å². The maximum Gasteiger partial charge on any atom is 0.417 e. The van der Waals surface area contributed by atoms with Crippen molar-refractivity contribution in [2.75, 3.05) is 13.2 Å². The molecule has 1 aliphatic heterocycles. The van der Waals surface area contributed by atoms with Crippen LogP contribution in [0.5, 0.6) is 0 Å². The molecular formula is C15H23NO7. The monoisotopic (exact) mass is 329 g/mol. The van der Waals surface area contributed by atoms with Gasteiger partial charge in [0.25, 0.3) is 0 Å². The van der Waals surface area contributed by atoms with Gasteiger partial charge in [-0.2, -0.15) is 0 Å². The van der Waals surface area contributed by atoms with E-state index in [-0.39, 0.29) is 19.6 Å². The molecule has 0 aromatic heterocycles. The summed E-state index contributed by atoms with van der Waals surface area (Å²) in [5, 5.41) is 0. The number of hydrogen-bond acceptors (Lipinski definition) is 7. The van der Waals surface area contributed by atoms with E-state index in [0.29, 0.717) is 4.90 Å². The van der Waals surface area contributed by atoms with E-state index in [1.165, 1.54) is 0 Å². The van der Waals surface area contributed by atoms with Gasteiger partial charge in [-0.3, -0.25) is 9.59 Å². The summed E-state index contributed by atoms with van der Waals surface area (Å²) in [6, 6.07) is -1.19. The zero-order chi connectivity index (χ0) is 17.8. The smallest absolute Gasteiger partial charge is 0.417 e. The molecule has 2 amide bonds. The van der Waals surface area contributed by atoms with E-state index in [2.05, 4.69) is 0 Å². The molecule has 0 saturated carbocycles. The van der Waals surface area contributed by atoms with Crippen molar-refractivity contribution in [3.63, 3.8) is 0 Å². The molecule has 8 nitrogen and oxygen atoms in total. The lowest BCUT2D eigenvalue weighted by molar-refractivity contribution is -0.153. The van der Waals surface area contributed by atoms with Gasteiger partial charge in [-0.25, -0.2) is 14.5 Å². The van der Waals surface area contributed by atoms with Crippen LogP contribution in [0.25, 0.3) is 0 Å². The van der Waals surface area contributed by atoms with Crippen molar-refractivity contribution in [2.24, 2.45) is 5.92 Å². The highest BCUT2D eigenvalue weighted by Gasteiger charge is 2.52. The molecule has 0 aliphatic carbocycles. The van der Waals surface area contributed by atoms with Crippen LogP contribution >= 0.6 is 0 Å². The van der Waals surface area contributed by atoms with Crippen LogP contribution in [0.2, 0.25) is 0 Å². The second-order valence-corrected chi connectivity index (χ2v) is 6.00. The van der Waals surface area contributed by atoms with Gasteiger partial charge in [-0.05, 0) is 34.6 Å². The maximum absolute atomic E-state index is 12.4. The van der Waals surface area contributed by atoms with Gasteiger partial charge in [0.1, 0.15) is 17.6 Å². The lowest BCUT2D eigenvalue weighted by atomic mass is 10.1. The molecule has 1 heterocycles. The largest absolute Gasteiger partial charge is 0.465 e. The Morgan fingerprint density at radius 3 is 2.09 bits per heavy atom. The fourth-order valence-electron chi connectivity index (χ4n) is 2.16. The maximum atomic E-state index is 12.4. The third kappa shape index (κ3) is 4.67. The Balaban J connectivity index is 3.04. The van der Waals surface area contributed by atoms with Crippen molar-refractivity contribution in [3.8, 4) is 0 Å². The first-order valence-electron chi connectivity index (χ1n) is 7.51. The Morgan fingerprint density at radius 1 is 1.09 bits per heavy atom. The number of nitrogens with zero attached hydrogens (tertiary/aromatic N) is 1. The van der Waals surface area contributed by atoms with Crippen LogP contribution in [0.15, 0.2) is 0 Å². The van der Waals surface area contributed by atoms with Crippen molar-refractivity contribution >= 4 is 23.9 Å². The molecule has 0 aromatic carbocycles. The fraction of sp³-hybridized carbons (Fsp3) is 0.733. The first-order valence-corrected chi connectivity index (χ1v) is 7.51. The van der Waals surface area contributed by atoms with E-state index in [4.69, 9.17) is 14.2 Å². The van der Waals surface area contributed by atoms with Crippen LogP contribution in [0.4, 0.5) is 4.79 Å². The van der Waals surface area contributed by atoms with Crippen LogP contribution < -0.4 is 0 Å². The van der Waals surface area contributed by atoms with E-state index in [1.54, 1.807) is 34.6 Å². The Hall–Kier alpha value is -2.12. The normalized spacial score (nSPS) is 21.1. The predicted molar refractivity (Wildman–Crippen MR) is 78.2 cm³/mol. The number of carbonyl (C=O) groups excluding carboxylic acids is 4. The topological polar surface area (TPSA) is 99.2 Å². The highest BCUT2D eigenvalue weighted by atomic mass is 16.6. The first kappa shape index (κ1) is 18.9. The van der Waals surface area contributed by atoms with E-state index in [0.717, 1.165) is 0 Å². The van der Waals surface area contributed by atoms with Crippen molar-refractivity contribution in [1.29, 1.82) is 0 Å². The minimum absolute atomic E-state index is 0.0930. The van der Waals surface area contributed by atoms with Crippen molar-refractivity contribution in [3.05, 3.63) is 0 Å². The molecule has 0 N–H and O–H groups in total. The summed E-state index contributed by atoms with van der Waals surface area (Å²) in [5.74, 6) is -3.54. The highest BCUT2D eigenvalue weighted by Crippen LogP contribution is 2.28. The quantitative estimate of drug-likeness (QED) is 0.435. The standard InChI is InChI=1S/C15H23NO7/c1-6-21-12(18)9-8-10(13(19)22-7-2)16(11(9)17)14(20)23-15(3,4)5/h9-10H,6-8H2,1-5H3/t9?,10-/m0/s1. The molecule has 1 rings (SSSR count). The SMILES string of the molecule is CCOC(=O)C1C[C@@H](C(=O)OCC)N(C(=O)OC(C)(C)C)C1=O. The molecule has 130 valence electrons. The Kier molecular flexibility index (Phi) is 6.12. The molecule has 2 atom stereocenters. The summed E-state index contributed by atoms with van der Waals surface area (Å²) >= 11 is 0. The molecule has 0 aromatic rings. The number of ether oxygens (including phenoxy) is 3. The van der Waals surface area contributed by atoms with Gasteiger partial charge in [0.2, 0.25) is 5.91 Å². The van der Waals surface area contributed by atoms with Gasteiger partial charge in [0.05, 0.1) is 13.2 Å². The average Bonchev–Trinajstić information content (AvgIpc) is 2.75. The van der Waals surface area contributed by atoms with Crippen LogP contribution in [0.1, 0.15) is 41.0 Å². The Morgan fingerprint density at radius 2 is 1.61 bits per heavy atom. The number of esters is 2. The van der Waals surface area contributed by atoms with E-state index < -0.39 is 41.5 Å². The number of carbonyl (C=O) groups is 4. The summed E-state index contributed by atoms with van der Waals surface area (Å²) < 4.78 is 14.8. The molecule has 23 heavy (non-hydrogen) atoms. The van der Waals surface area contributed by atoms with Gasteiger partial charge in [0, 0.05) is 6.42 Å². The second kappa shape index (κ2) is 7.43. The van der Waals surface area contributed by atoms with Gasteiger partial charge >= 0.3 is 18.0 Å². The summed E-state index contributed by atoms with van der Waals surface area (Å²) in [4.78, 5) is 49.2. The second-order valence-electron chi connectivity index (χ2n) is 6.00. The molecule has 1 aliphatic rings. The number of hydrogen-bond donors (Lipinski definition) is 0. The molecule has 1 saturated heterocycles. The van der Waals surface area contributed by atoms with Crippen LogP contribution in [-0.4, -0.2) is 53.7 Å². The minimum atomic E-state index is -1.21. The summed E-state index contributed by atoms with van der Waals surface area (Å²) in [6.07, 6.45) is -1.15. The number of imide groups is 1. The van der Waals surface area contributed by atoms with E-state index in [9.17, 15) is 19.2 Å². The van der Waals surface area contributed by atoms with Crippen LogP contribution in [-0.2, 0) is 28.6 Å². The molecule has 0 radical (unpaired) electrons. The third-order valence-electron chi connectivity index (χ3n) is 3.03.